The number of aromatic nitrogens is 3. The molecule has 0 saturated heterocycles. The molecule has 1 aliphatic rings. The minimum atomic E-state index is -0.906. The second kappa shape index (κ2) is 6.65. The largest absolute Gasteiger partial charge is 0.476 e. The molecule has 7 nitrogen and oxygen atoms in total. The summed E-state index contributed by atoms with van der Waals surface area (Å²) in [5.41, 5.74) is 2.35. The minimum Gasteiger partial charge on any atom is -0.476 e. The molecule has 0 atom stereocenters. The van der Waals surface area contributed by atoms with E-state index < -0.39 is 11.0 Å². The molecule has 1 N–H and O–H groups in total. The summed E-state index contributed by atoms with van der Waals surface area (Å²) in [5, 5.41) is 0. The molecule has 4 rings (SSSR count). The fourth-order valence-electron chi connectivity index (χ4n) is 3.65. The summed E-state index contributed by atoms with van der Waals surface area (Å²) in [6, 6.07) is 5.64. The van der Waals surface area contributed by atoms with Gasteiger partial charge in [0.25, 0.3) is 5.91 Å². The molecule has 1 aromatic carbocycles. The van der Waals surface area contributed by atoms with E-state index in [0.29, 0.717) is 40.4 Å². The highest BCUT2D eigenvalue weighted by molar-refractivity contribution is 6.08. The highest BCUT2D eigenvalue weighted by atomic mass is 16.5. The van der Waals surface area contributed by atoms with Crippen LogP contribution in [0.15, 0.2) is 30.6 Å². The second-order valence-electron chi connectivity index (χ2n) is 9.08. The molecule has 156 valence electrons. The van der Waals surface area contributed by atoms with Crippen LogP contribution in [-0.4, -0.2) is 38.8 Å². The number of nitrogens with one attached hydrogen (secondary N) is 1. The molecule has 7 heteroatoms. The number of likely N-dealkylation sites (N-methyl/N-ethyl adjacent to an activating group) is 1. The fourth-order valence-corrected chi connectivity index (χ4v) is 3.65. The second-order valence-corrected chi connectivity index (χ2v) is 9.08. The Hall–Kier alpha value is -3.22. The topological polar surface area (TPSA) is 88.2 Å². The number of rotatable bonds is 3. The van der Waals surface area contributed by atoms with Gasteiger partial charge in [-0.3, -0.25) is 9.59 Å². The van der Waals surface area contributed by atoms with Crippen LogP contribution in [0.4, 0.5) is 5.69 Å². The number of fused-ring (bicyclic) bond motifs is 2. The van der Waals surface area contributed by atoms with Crippen LogP contribution in [0.5, 0.6) is 5.75 Å². The van der Waals surface area contributed by atoms with Gasteiger partial charge in [-0.2, -0.15) is 0 Å². The van der Waals surface area contributed by atoms with E-state index in [1.54, 1.807) is 31.1 Å². The molecule has 0 unspecified atom stereocenters. The van der Waals surface area contributed by atoms with Crippen LogP contribution in [0.2, 0.25) is 0 Å². The molecule has 3 aromatic rings. The lowest BCUT2D eigenvalue weighted by Gasteiger charge is -2.38. The van der Waals surface area contributed by atoms with Crippen molar-refractivity contribution in [3.63, 3.8) is 0 Å². The maximum Gasteiger partial charge on any atom is 0.270 e. The zero-order valence-corrected chi connectivity index (χ0v) is 18.2. The number of carbonyl (C=O) groups excluding carboxylic acids is 2. The molecule has 0 saturated carbocycles. The van der Waals surface area contributed by atoms with Gasteiger partial charge in [0.05, 0.1) is 23.1 Å². The molecular weight excluding hydrogens is 380 g/mol. The summed E-state index contributed by atoms with van der Waals surface area (Å²) >= 11 is 0. The van der Waals surface area contributed by atoms with Gasteiger partial charge in [0.15, 0.2) is 17.0 Å². The van der Waals surface area contributed by atoms with Crippen molar-refractivity contribution in [3.05, 3.63) is 36.2 Å². The third kappa shape index (κ3) is 3.14. The Morgan fingerprint density at radius 1 is 1.27 bits per heavy atom. The fraction of sp³-hybridized carbons (Fsp3) is 0.391. The molecule has 30 heavy (non-hydrogen) atoms. The van der Waals surface area contributed by atoms with Gasteiger partial charge in [0, 0.05) is 23.7 Å². The summed E-state index contributed by atoms with van der Waals surface area (Å²) in [5.74, 6) is 0.577. The molecule has 0 spiro atoms. The molecule has 0 fully saturated rings. The smallest absolute Gasteiger partial charge is 0.270 e. The molecule has 2 aromatic heterocycles. The quantitative estimate of drug-likeness (QED) is 0.652. The number of carbonyl (C=O) groups is 2. The van der Waals surface area contributed by atoms with E-state index in [1.807, 2.05) is 45.9 Å². The molecule has 1 amide bonds. The van der Waals surface area contributed by atoms with E-state index in [2.05, 4.69) is 9.97 Å². The van der Waals surface area contributed by atoms with Gasteiger partial charge in [-0.15, -0.1) is 0 Å². The predicted molar refractivity (Wildman–Crippen MR) is 116 cm³/mol. The van der Waals surface area contributed by atoms with E-state index in [-0.39, 0.29) is 11.7 Å². The van der Waals surface area contributed by atoms with Crippen LogP contribution < -0.4 is 9.64 Å². The highest BCUT2D eigenvalue weighted by Gasteiger charge is 2.40. The number of Topliss-reactive ketones (excluding diaryl/α,β-unsaturated/α-hetero) is 1. The van der Waals surface area contributed by atoms with Crippen molar-refractivity contribution in [1.82, 2.24) is 15.0 Å². The van der Waals surface area contributed by atoms with Crippen molar-refractivity contribution in [3.8, 4) is 17.0 Å². The minimum absolute atomic E-state index is 0.00373. The maximum absolute atomic E-state index is 12.8. The number of benzene rings is 1. The number of hydrogen-bond acceptors (Lipinski definition) is 5. The number of nitrogens with zero attached hydrogens (tertiary/aromatic N) is 3. The molecule has 0 bridgehead atoms. The summed E-state index contributed by atoms with van der Waals surface area (Å²) in [6.07, 6.45) is 3.33. The molecule has 0 aliphatic carbocycles. The molecule has 0 radical (unpaired) electrons. The van der Waals surface area contributed by atoms with Gasteiger partial charge in [0.2, 0.25) is 0 Å². The first-order chi connectivity index (χ1) is 14.0. The van der Waals surface area contributed by atoms with Gasteiger partial charge >= 0.3 is 0 Å². The first-order valence-corrected chi connectivity index (χ1v) is 10.1. The van der Waals surface area contributed by atoms with Gasteiger partial charge in [-0.05, 0) is 39.0 Å². The number of H-pyrrole nitrogens is 1. The number of anilines is 1. The lowest BCUT2D eigenvalue weighted by atomic mass is 9.87. The Kier molecular flexibility index (Phi) is 4.45. The number of amides is 1. The Balaban J connectivity index is 1.81. The Morgan fingerprint density at radius 3 is 2.67 bits per heavy atom. The first kappa shape index (κ1) is 20.1. The summed E-state index contributed by atoms with van der Waals surface area (Å²) in [7, 11) is 0. The van der Waals surface area contributed by atoms with Crippen LogP contribution in [0.1, 0.15) is 51.9 Å². The van der Waals surface area contributed by atoms with Crippen LogP contribution in [0, 0.1) is 5.41 Å². The van der Waals surface area contributed by atoms with E-state index in [0.717, 1.165) is 5.56 Å². The summed E-state index contributed by atoms with van der Waals surface area (Å²) in [4.78, 5) is 39.5. The van der Waals surface area contributed by atoms with E-state index in [1.165, 1.54) is 0 Å². The number of aromatic amines is 1. The normalized spacial score (nSPS) is 15.8. The van der Waals surface area contributed by atoms with E-state index in [9.17, 15) is 9.59 Å². The average molecular weight is 406 g/mol. The summed E-state index contributed by atoms with van der Waals surface area (Å²) in [6.45, 7) is 11.7. The number of ether oxygens (including phenoxy) is 1. The van der Waals surface area contributed by atoms with Gasteiger partial charge in [0.1, 0.15) is 11.3 Å². The van der Waals surface area contributed by atoms with Crippen molar-refractivity contribution in [2.45, 2.75) is 47.1 Å². The van der Waals surface area contributed by atoms with Crippen molar-refractivity contribution in [1.29, 1.82) is 0 Å². The van der Waals surface area contributed by atoms with Gasteiger partial charge in [-0.1, -0.05) is 20.8 Å². The van der Waals surface area contributed by atoms with Crippen LogP contribution in [0.3, 0.4) is 0 Å². The lowest BCUT2D eigenvalue weighted by molar-refractivity contribution is -0.132. The lowest BCUT2D eigenvalue weighted by Crippen LogP contribution is -2.52. The zero-order valence-electron chi connectivity index (χ0n) is 18.2. The third-order valence-electron chi connectivity index (χ3n) is 5.29. The van der Waals surface area contributed by atoms with E-state index in [4.69, 9.17) is 9.72 Å². The zero-order chi connectivity index (χ0) is 21.8. The number of ketones is 1. The van der Waals surface area contributed by atoms with E-state index >= 15 is 0 Å². The third-order valence-corrected chi connectivity index (χ3v) is 5.29. The summed E-state index contributed by atoms with van der Waals surface area (Å²) < 4.78 is 5.92. The predicted octanol–water partition coefficient (Wildman–Crippen LogP) is 4.38. The monoisotopic (exact) mass is 406 g/mol. The van der Waals surface area contributed by atoms with Crippen molar-refractivity contribution in [2.24, 2.45) is 5.41 Å². The maximum atomic E-state index is 12.8. The Morgan fingerprint density at radius 2 is 2.00 bits per heavy atom. The van der Waals surface area contributed by atoms with Crippen LogP contribution in [0.25, 0.3) is 22.4 Å². The first-order valence-electron chi connectivity index (χ1n) is 10.1. The molecule has 3 heterocycles. The standard InChI is InChI=1S/C23H26N4O3/c1-7-27-16-10-13(8-9-17(16)30-23(5,6)21(27)29)15-12-25-20-18(26-15)14(11-24-20)19(28)22(2,3)4/h8-12H,7H2,1-6H3,(H,24,25). The van der Waals surface area contributed by atoms with Gasteiger partial charge in [-0.25, -0.2) is 9.97 Å². The van der Waals surface area contributed by atoms with Crippen molar-refractivity contribution >= 4 is 28.5 Å². The average Bonchev–Trinajstić information content (AvgIpc) is 3.10. The Labute approximate surface area is 175 Å². The molecular formula is C23H26N4O3. The molecule has 1 aliphatic heterocycles. The van der Waals surface area contributed by atoms with Crippen molar-refractivity contribution in [2.75, 3.05) is 11.4 Å². The number of hydrogen-bond donors (Lipinski definition) is 1. The van der Waals surface area contributed by atoms with Gasteiger partial charge < -0.3 is 14.6 Å². The van der Waals surface area contributed by atoms with Crippen LogP contribution >= 0.6 is 0 Å². The highest BCUT2D eigenvalue weighted by Crippen LogP contribution is 2.40. The van der Waals surface area contributed by atoms with Crippen LogP contribution in [-0.2, 0) is 4.79 Å². The van der Waals surface area contributed by atoms with Crippen molar-refractivity contribution < 1.29 is 14.3 Å². The SMILES string of the molecule is CCN1C(=O)C(C)(C)Oc2ccc(-c3cnc4[nH]cc(C(=O)C(C)(C)C)c4n3)cc21. The Bertz CT molecular complexity index is 1170.